The van der Waals surface area contributed by atoms with Gasteiger partial charge >= 0.3 is 12.1 Å². The zero-order valence-electron chi connectivity index (χ0n) is 17.8. The van der Waals surface area contributed by atoms with Crippen LogP contribution in [0.2, 0.25) is 0 Å². The molecule has 0 radical (unpaired) electrons. The second-order valence-electron chi connectivity index (χ2n) is 7.39. The van der Waals surface area contributed by atoms with Crippen molar-refractivity contribution in [2.24, 2.45) is 0 Å². The number of benzene rings is 1. The Morgan fingerprint density at radius 2 is 1.79 bits per heavy atom. The minimum atomic E-state index is -4.55. The molecule has 34 heavy (non-hydrogen) atoms. The number of carbonyl (C=O) groups is 1. The van der Waals surface area contributed by atoms with E-state index in [1.54, 1.807) is 6.07 Å². The highest BCUT2D eigenvalue weighted by Crippen LogP contribution is 2.28. The predicted octanol–water partition coefficient (Wildman–Crippen LogP) is 3.67. The van der Waals surface area contributed by atoms with Gasteiger partial charge in [0, 0.05) is 5.56 Å². The number of hydrogen-bond donors (Lipinski definition) is 2. The molecule has 174 valence electrons. The third-order valence-electron chi connectivity index (χ3n) is 4.66. The molecule has 0 saturated heterocycles. The Hall–Kier alpha value is -4.35. The number of nitrogens with zero attached hydrogens (tertiary/aromatic N) is 6. The van der Waals surface area contributed by atoms with Crippen LogP contribution < -0.4 is 5.32 Å². The van der Waals surface area contributed by atoms with Gasteiger partial charge in [-0.2, -0.15) is 13.2 Å². The van der Waals surface area contributed by atoms with Crippen LogP contribution in [0.3, 0.4) is 0 Å². The van der Waals surface area contributed by atoms with Crippen molar-refractivity contribution in [1.82, 2.24) is 29.9 Å². The van der Waals surface area contributed by atoms with Crippen molar-refractivity contribution in [1.29, 1.82) is 0 Å². The molecule has 9 nitrogen and oxygen atoms in total. The molecule has 4 rings (SSSR count). The summed E-state index contributed by atoms with van der Waals surface area (Å²) in [7, 11) is 0. The molecule has 0 aliphatic carbocycles. The largest absolute Gasteiger partial charge is 0.480 e. The first-order chi connectivity index (χ1) is 16.2. The van der Waals surface area contributed by atoms with E-state index in [1.807, 2.05) is 31.2 Å². The monoisotopic (exact) mass is 469 g/mol. The van der Waals surface area contributed by atoms with E-state index in [9.17, 15) is 18.0 Å². The van der Waals surface area contributed by atoms with Crippen molar-refractivity contribution in [3.8, 4) is 22.6 Å². The summed E-state index contributed by atoms with van der Waals surface area (Å²) in [6.45, 7) is 1.52. The lowest BCUT2D eigenvalue weighted by atomic mass is 10.1. The second kappa shape index (κ2) is 9.25. The van der Waals surface area contributed by atoms with Gasteiger partial charge in [-0.3, -0.25) is 4.79 Å². The molecule has 3 aromatic heterocycles. The average Bonchev–Trinajstić information content (AvgIpc) is 3.26. The van der Waals surface area contributed by atoms with Crippen LogP contribution in [-0.2, 0) is 17.5 Å². The van der Waals surface area contributed by atoms with Crippen LogP contribution in [0.1, 0.15) is 17.0 Å². The quantitative estimate of drug-likeness (QED) is 0.421. The zero-order chi connectivity index (χ0) is 24.3. The Kier molecular flexibility index (Phi) is 6.21. The summed E-state index contributed by atoms with van der Waals surface area (Å²) in [5.41, 5.74) is 2.22. The topological polar surface area (TPSA) is 119 Å². The van der Waals surface area contributed by atoms with Gasteiger partial charge in [0.15, 0.2) is 0 Å². The summed E-state index contributed by atoms with van der Waals surface area (Å²) < 4.78 is 40.1. The summed E-state index contributed by atoms with van der Waals surface area (Å²) in [6.07, 6.45) is -3.03. The normalized spacial score (nSPS) is 11.4. The number of aliphatic carboxylic acids is 1. The molecule has 0 atom stereocenters. The minimum absolute atomic E-state index is 0.0309. The number of aromatic nitrogens is 6. The molecule has 0 amide bonds. The Labute approximate surface area is 191 Å². The smallest absolute Gasteiger partial charge is 0.433 e. The molecule has 0 aliphatic rings. The number of hydrogen-bond acceptors (Lipinski definition) is 7. The molecule has 0 unspecified atom stereocenters. The number of alkyl halides is 3. The number of pyridine rings is 1. The third-order valence-corrected chi connectivity index (χ3v) is 4.66. The SMILES string of the molecule is Cc1cccc(-c2cc(-c3cn(Cc4cccc(C(F)(F)F)n4)nn3)nc(NCC(=O)O)n2)c1. The highest BCUT2D eigenvalue weighted by molar-refractivity contribution is 5.73. The molecule has 1 aromatic carbocycles. The van der Waals surface area contributed by atoms with Gasteiger partial charge in [-0.25, -0.2) is 19.6 Å². The van der Waals surface area contributed by atoms with Crippen molar-refractivity contribution in [2.75, 3.05) is 11.9 Å². The number of rotatable bonds is 7. The first kappa shape index (κ1) is 22.8. The summed E-state index contributed by atoms with van der Waals surface area (Å²) in [5.74, 6) is -0.990. The van der Waals surface area contributed by atoms with Gasteiger partial charge in [0.2, 0.25) is 5.95 Å². The average molecular weight is 469 g/mol. The minimum Gasteiger partial charge on any atom is -0.480 e. The van der Waals surface area contributed by atoms with Gasteiger partial charge in [0.1, 0.15) is 17.9 Å². The maximum atomic E-state index is 12.9. The molecule has 3 heterocycles. The molecule has 12 heteroatoms. The van der Waals surface area contributed by atoms with Gasteiger partial charge in [-0.05, 0) is 31.2 Å². The molecular weight excluding hydrogens is 451 g/mol. The summed E-state index contributed by atoms with van der Waals surface area (Å²) in [4.78, 5) is 23.3. The van der Waals surface area contributed by atoms with Crippen LogP contribution in [-0.4, -0.2) is 47.6 Å². The van der Waals surface area contributed by atoms with Crippen molar-refractivity contribution in [3.63, 3.8) is 0 Å². The second-order valence-corrected chi connectivity index (χ2v) is 7.39. The number of aryl methyl sites for hydroxylation is 1. The van der Waals surface area contributed by atoms with Gasteiger partial charge in [-0.15, -0.1) is 5.10 Å². The molecule has 0 aliphatic heterocycles. The number of halogens is 3. The molecule has 2 N–H and O–H groups in total. The Balaban J connectivity index is 1.65. The lowest BCUT2D eigenvalue weighted by Gasteiger charge is -2.08. The number of carboxylic acids is 1. The van der Waals surface area contributed by atoms with E-state index in [2.05, 4.69) is 30.6 Å². The first-order valence-corrected chi connectivity index (χ1v) is 10.0. The first-order valence-electron chi connectivity index (χ1n) is 10.0. The lowest BCUT2D eigenvalue weighted by Crippen LogP contribution is -2.14. The lowest BCUT2D eigenvalue weighted by molar-refractivity contribution is -0.141. The summed E-state index contributed by atoms with van der Waals surface area (Å²) in [5, 5.41) is 19.7. The summed E-state index contributed by atoms with van der Waals surface area (Å²) >= 11 is 0. The maximum Gasteiger partial charge on any atom is 0.433 e. The fourth-order valence-corrected chi connectivity index (χ4v) is 3.15. The van der Waals surface area contributed by atoms with E-state index in [0.717, 1.165) is 17.2 Å². The molecule has 0 fully saturated rings. The Bertz CT molecular complexity index is 1340. The molecule has 4 aromatic rings. The van der Waals surface area contributed by atoms with Crippen molar-refractivity contribution < 1.29 is 23.1 Å². The Morgan fingerprint density at radius 3 is 2.53 bits per heavy atom. The highest BCUT2D eigenvalue weighted by Gasteiger charge is 2.32. The summed E-state index contributed by atoms with van der Waals surface area (Å²) in [6, 6.07) is 12.9. The van der Waals surface area contributed by atoms with E-state index < -0.39 is 17.8 Å². The van der Waals surface area contributed by atoms with Crippen LogP contribution >= 0.6 is 0 Å². The van der Waals surface area contributed by atoms with E-state index in [-0.39, 0.29) is 24.7 Å². The highest BCUT2D eigenvalue weighted by atomic mass is 19.4. The Morgan fingerprint density at radius 1 is 1.03 bits per heavy atom. The number of carboxylic acid groups (broad SMARTS) is 1. The standard InChI is InChI=1S/C22H18F3N7O2/c1-13-4-2-5-14(8-13)16-9-17(29-21(28-16)26-10-20(33)34)18-12-32(31-30-18)11-15-6-3-7-19(27-15)22(23,24)25/h2-9,12H,10-11H2,1H3,(H,33,34)(H,26,28,29). The molecule has 0 saturated carbocycles. The maximum absolute atomic E-state index is 12.9. The van der Waals surface area contributed by atoms with E-state index in [4.69, 9.17) is 5.11 Å². The molecule has 0 spiro atoms. The third kappa shape index (κ3) is 5.52. The number of anilines is 1. The van der Waals surface area contributed by atoms with Gasteiger partial charge < -0.3 is 10.4 Å². The predicted molar refractivity (Wildman–Crippen MR) is 116 cm³/mol. The number of nitrogens with one attached hydrogen (secondary N) is 1. The van der Waals surface area contributed by atoms with Crippen molar-refractivity contribution >= 4 is 11.9 Å². The zero-order valence-corrected chi connectivity index (χ0v) is 17.8. The van der Waals surface area contributed by atoms with E-state index in [0.29, 0.717) is 17.1 Å². The van der Waals surface area contributed by atoms with Crippen molar-refractivity contribution in [2.45, 2.75) is 19.6 Å². The van der Waals surface area contributed by atoms with Crippen LogP contribution in [0.5, 0.6) is 0 Å². The van der Waals surface area contributed by atoms with E-state index in [1.165, 1.54) is 23.0 Å². The van der Waals surface area contributed by atoms with Crippen molar-refractivity contribution in [3.05, 3.63) is 71.7 Å². The molecular formula is C22H18F3N7O2. The fraction of sp³-hybridized carbons (Fsp3) is 0.182. The van der Waals surface area contributed by atoms with Crippen LogP contribution in [0.25, 0.3) is 22.6 Å². The molecule has 0 bridgehead atoms. The van der Waals surface area contributed by atoms with Crippen LogP contribution in [0.15, 0.2) is 54.7 Å². The van der Waals surface area contributed by atoms with Crippen LogP contribution in [0.4, 0.5) is 19.1 Å². The van der Waals surface area contributed by atoms with Crippen LogP contribution in [0, 0.1) is 6.92 Å². The van der Waals surface area contributed by atoms with Gasteiger partial charge in [-0.1, -0.05) is 35.0 Å². The van der Waals surface area contributed by atoms with E-state index >= 15 is 0 Å². The fourth-order valence-electron chi connectivity index (χ4n) is 3.15. The van der Waals surface area contributed by atoms with Gasteiger partial charge in [0.05, 0.1) is 29.8 Å². The van der Waals surface area contributed by atoms with Gasteiger partial charge in [0.25, 0.3) is 0 Å².